The highest BCUT2D eigenvalue weighted by atomic mass is 35.5. The first-order valence-electron chi connectivity index (χ1n) is 12.3. The molecule has 2 aromatic rings. The molecule has 2 N–H and O–H groups in total. The Morgan fingerprint density at radius 1 is 1.08 bits per heavy atom. The molecule has 0 bridgehead atoms. The minimum atomic E-state index is -3.89. The molecule has 2 fully saturated rings. The third kappa shape index (κ3) is 7.96. The highest BCUT2D eigenvalue weighted by Gasteiger charge is 2.35. The molecule has 0 spiro atoms. The van der Waals surface area contributed by atoms with E-state index in [9.17, 15) is 22.8 Å². The molecule has 2 atom stereocenters. The van der Waals surface area contributed by atoms with E-state index >= 15 is 0 Å². The Kier molecular flexibility index (Phi) is 9.95. The zero-order valence-corrected chi connectivity index (χ0v) is 24.6. The van der Waals surface area contributed by atoms with Crippen molar-refractivity contribution >= 4 is 80.0 Å². The van der Waals surface area contributed by atoms with Crippen molar-refractivity contribution in [2.24, 2.45) is 0 Å². The molecular formula is C25H27Cl3N4O5S2. The average Bonchev–Trinajstić information content (AvgIpc) is 3.52. The number of rotatable bonds is 9. The fourth-order valence-corrected chi connectivity index (χ4v) is 7.19. The molecule has 210 valence electrons. The highest BCUT2D eigenvalue weighted by molar-refractivity contribution is 7.92. The smallest absolute Gasteiger partial charge is 0.252 e. The Hall–Kier alpha value is -2.15. The Morgan fingerprint density at radius 3 is 2.56 bits per heavy atom. The largest absolute Gasteiger partial charge is 0.350 e. The summed E-state index contributed by atoms with van der Waals surface area (Å²) in [5, 5.41) is 4.49. The van der Waals surface area contributed by atoms with Crippen LogP contribution >= 0.6 is 46.1 Å². The Balaban J connectivity index is 1.31. The van der Waals surface area contributed by atoms with Gasteiger partial charge in [-0.2, -0.15) is 4.72 Å². The van der Waals surface area contributed by atoms with Gasteiger partial charge in [-0.25, -0.2) is 8.42 Å². The molecule has 2 aliphatic heterocycles. The van der Waals surface area contributed by atoms with Crippen LogP contribution in [-0.2, 0) is 19.6 Å². The number of carbonyl (C=O) groups is 3. The molecule has 2 aliphatic rings. The van der Waals surface area contributed by atoms with Gasteiger partial charge in [0, 0.05) is 41.0 Å². The van der Waals surface area contributed by atoms with E-state index in [4.69, 9.17) is 34.8 Å². The first-order valence-corrected chi connectivity index (χ1v) is 15.8. The molecule has 0 saturated carbocycles. The van der Waals surface area contributed by atoms with E-state index in [1.165, 1.54) is 34.4 Å². The van der Waals surface area contributed by atoms with Crippen molar-refractivity contribution in [3.05, 3.63) is 60.6 Å². The fourth-order valence-electron chi connectivity index (χ4n) is 4.63. The first kappa shape index (κ1) is 29.8. The molecular weight excluding hydrogens is 607 g/mol. The summed E-state index contributed by atoms with van der Waals surface area (Å²) >= 11 is 19.1. The molecule has 9 nitrogen and oxygen atoms in total. The maximum absolute atomic E-state index is 13.2. The van der Waals surface area contributed by atoms with E-state index in [0.717, 1.165) is 11.8 Å². The molecule has 1 aromatic heterocycles. The summed E-state index contributed by atoms with van der Waals surface area (Å²) in [7, 11) is -3.89. The van der Waals surface area contributed by atoms with Gasteiger partial charge >= 0.3 is 0 Å². The number of sulfonamides is 1. The number of benzene rings is 1. The number of hydrogen-bond donors (Lipinski definition) is 2. The van der Waals surface area contributed by atoms with Gasteiger partial charge in [0.05, 0.1) is 21.5 Å². The Morgan fingerprint density at radius 2 is 1.85 bits per heavy atom. The lowest BCUT2D eigenvalue weighted by molar-refractivity contribution is -0.143. The van der Waals surface area contributed by atoms with Gasteiger partial charge in [0.2, 0.25) is 21.8 Å². The van der Waals surface area contributed by atoms with E-state index in [1.807, 2.05) is 0 Å². The molecule has 0 radical (unpaired) electrons. The van der Waals surface area contributed by atoms with Crippen molar-refractivity contribution in [2.75, 3.05) is 26.2 Å². The van der Waals surface area contributed by atoms with Gasteiger partial charge in [-0.15, -0.1) is 11.3 Å². The standard InChI is InChI=1S/C25H27Cl3N4O5S2/c26-16-5-7-19(20(27)13-16)24(34)29-14-17-3-1-11-32(17)23(33)15-31-10-2-4-21(25(31)35)30-39(36,37)12-9-18-6-8-22(28)38-18/h5-9,12-13,17,21,30H,1-4,10-11,14-15H2,(H,29,34)/t17-,21-/m0/s1. The van der Waals surface area contributed by atoms with Crippen molar-refractivity contribution in [3.63, 3.8) is 0 Å². The molecule has 14 heteroatoms. The van der Waals surface area contributed by atoms with Crippen LogP contribution in [0.5, 0.6) is 0 Å². The lowest BCUT2D eigenvalue weighted by Gasteiger charge is -2.34. The number of hydrogen-bond acceptors (Lipinski definition) is 6. The van der Waals surface area contributed by atoms with Crippen molar-refractivity contribution in [1.29, 1.82) is 0 Å². The molecule has 4 rings (SSSR count). The predicted molar refractivity (Wildman–Crippen MR) is 154 cm³/mol. The lowest BCUT2D eigenvalue weighted by atomic mass is 10.1. The number of nitrogens with one attached hydrogen (secondary N) is 2. The van der Waals surface area contributed by atoms with Crippen molar-refractivity contribution in [2.45, 2.75) is 37.8 Å². The average molecular weight is 634 g/mol. The SMILES string of the molecule is O=C(NC[C@@H]1CCCN1C(=O)CN1CCC[C@H](NS(=O)(=O)C=Cc2ccc(Cl)s2)C1=O)c1ccc(Cl)cc1Cl. The quantitative estimate of drug-likeness (QED) is 0.433. The van der Waals surface area contributed by atoms with Crippen LogP contribution in [0.3, 0.4) is 0 Å². The van der Waals surface area contributed by atoms with Crippen LogP contribution in [0.15, 0.2) is 35.7 Å². The van der Waals surface area contributed by atoms with Crippen molar-refractivity contribution in [3.8, 4) is 0 Å². The first-order chi connectivity index (χ1) is 18.5. The van der Waals surface area contributed by atoms with Crippen molar-refractivity contribution < 1.29 is 22.8 Å². The van der Waals surface area contributed by atoms with Crippen LogP contribution < -0.4 is 10.0 Å². The minimum absolute atomic E-state index is 0.159. The lowest BCUT2D eigenvalue weighted by Crippen LogP contribution is -2.55. The van der Waals surface area contributed by atoms with E-state index in [-0.39, 0.29) is 36.0 Å². The van der Waals surface area contributed by atoms with Gasteiger partial charge in [-0.05, 0) is 62.1 Å². The summed E-state index contributed by atoms with van der Waals surface area (Å²) < 4.78 is 28.1. The normalized spacial score (nSPS) is 20.1. The van der Waals surface area contributed by atoms with E-state index in [0.29, 0.717) is 52.2 Å². The fraction of sp³-hybridized carbons (Fsp3) is 0.400. The van der Waals surface area contributed by atoms with E-state index in [2.05, 4.69) is 10.0 Å². The van der Waals surface area contributed by atoms with Gasteiger partial charge in [0.15, 0.2) is 0 Å². The maximum atomic E-state index is 13.2. The van der Waals surface area contributed by atoms with E-state index in [1.54, 1.807) is 23.1 Å². The third-order valence-electron chi connectivity index (χ3n) is 6.54. The van der Waals surface area contributed by atoms with Crippen LogP contribution in [0, 0.1) is 0 Å². The maximum Gasteiger partial charge on any atom is 0.252 e. The molecule has 3 heterocycles. The predicted octanol–water partition coefficient (Wildman–Crippen LogP) is 4.01. The summed E-state index contributed by atoms with van der Waals surface area (Å²) in [5.41, 5.74) is 0.290. The van der Waals surface area contributed by atoms with Gasteiger partial charge < -0.3 is 15.1 Å². The zero-order valence-electron chi connectivity index (χ0n) is 20.7. The molecule has 3 amide bonds. The number of likely N-dealkylation sites (tertiary alicyclic amines) is 2. The summed E-state index contributed by atoms with van der Waals surface area (Å²) in [5.74, 6) is -1.05. The number of thiophene rings is 1. The number of carbonyl (C=O) groups excluding carboxylic acids is 3. The van der Waals surface area contributed by atoms with Crippen LogP contribution in [-0.4, -0.2) is 74.2 Å². The number of halogens is 3. The minimum Gasteiger partial charge on any atom is -0.350 e. The monoisotopic (exact) mass is 632 g/mol. The second kappa shape index (κ2) is 13.0. The van der Waals surface area contributed by atoms with Crippen LogP contribution in [0.1, 0.15) is 40.9 Å². The van der Waals surface area contributed by atoms with Gasteiger partial charge in [-0.1, -0.05) is 34.8 Å². The van der Waals surface area contributed by atoms with E-state index < -0.39 is 22.0 Å². The Bertz CT molecular complexity index is 1380. The molecule has 39 heavy (non-hydrogen) atoms. The summed E-state index contributed by atoms with van der Waals surface area (Å²) in [6.45, 7) is 0.947. The highest BCUT2D eigenvalue weighted by Crippen LogP contribution is 2.24. The molecule has 1 aromatic carbocycles. The summed E-state index contributed by atoms with van der Waals surface area (Å²) in [6.07, 6.45) is 3.79. The second-order valence-electron chi connectivity index (χ2n) is 9.28. The third-order valence-corrected chi connectivity index (χ3v) is 9.39. The number of nitrogens with zero attached hydrogens (tertiary/aromatic N) is 2. The van der Waals surface area contributed by atoms with Crippen LogP contribution in [0.25, 0.3) is 6.08 Å². The van der Waals surface area contributed by atoms with Gasteiger partial charge in [0.1, 0.15) is 6.04 Å². The van der Waals surface area contributed by atoms with Crippen LogP contribution in [0.2, 0.25) is 14.4 Å². The van der Waals surface area contributed by atoms with Crippen molar-refractivity contribution in [1.82, 2.24) is 19.8 Å². The molecule has 0 unspecified atom stereocenters. The molecule has 0 aliphatic carbocycles. The second-order valence-corrected chi connectivity index (χ2v) is 13.5. The number of amides is 3. The summed E-state index contributed by atoms with van der Waals surface area (Å²) in [4.78, 5) is 42.5. The topological polar surface area (TPSA) is 116 Å². The van der Waals surface area contributed by atoms with Gasteiger partial charge in [0.25, 0.3) is 5.91 Å². The zero-order chi connectivity index (χ0) is 28.2. The number of piperidine rings is 1. The Labute approximate surface area is 246 Å². The molecule has 2 saturated heterocycles. The summed E-state index contributed by atoms with van der Waals surface area (Å²) in [6, 6.07) is 6.79. The van der Waals surface area contributed by atoms with Gasteiger partial charge in [-0.3, -0.25) is 14.4 Å². The van der Waals surface area contributed by atoms with Crippen LogP contribution in [0.4, 0.5) is 0 Å².